The van der Waals surface area contributed by atoms with Crippen LogP contribution in [0.25, 0.3) is 0 Å². The van der Waals surface area contributed by atoms with Crippen molar-refractivity contribution in [1.82, 2.24) is 9.78 Å². The predicted molar refractivity (Wildman–Crippen MR) is 65.5 cm³/mol. The molecule has 0 atom stereocenters. The van der Waals surface area contributed by atoms with Crippen molar-refractivity contribution in [2.24, 2.45) is 7.05 Å². The number of aromatic carboxylic acids is 1. The van der Waals surface area contributed by atoms with Crippen molar-refractivity contribution in [2.45, 2.75) is 20.3 Å². The van der Waals surface area contributed by atoms with Gasteiger partial charge in [-0.2, -0.15) is 5.10 Å². The van der Waals surface area contributed by atoms with Gasteiger partial charge in [-0.05, 0) is 20.3 Å². The van der Waals surface area contributed by atoms with Gasteiger partial charge in [-0.25, -0.2) is 4.79 Å². The van der Waals surface area contributed by atoms with E-state index in [1.54, 1.807) is 18.7 Å². The molecule has 0 spiro atoms. The first-order chi connectivity index (χ1) is 8.00. The highest BCUT2D eigenvalue weighted by atomic mass is 16.4. The molecular formula is C12H17N3O2. The van der Waals surface area contributed by atoms with Gasteiger partial charge >= 0.3 is 5.97 Å². The molecule has 0 unspecified atom stereocenters. The summed E-state index contributed by atoms with van der Waals surface area (Å²) in [6, 6.07) is 0. The highest BCUT2D eigenvalue weighted by Gasteiger charge is 2.25. The summed E-state index contributed by atoms with van der Waals surface area (Å²) >= 11 is 0. The molecule has 0 aliphatic carbocycles. The maximum Gasteiger partial charge on any atom is 0.341 e. The first-order valence-electron chi connectivity index (χ1n) is 5.68. The summed E-state index contributed by atoms with van der Waals surface area (Å²) in [5.74, 6) is -0.194. The second-order valence-corrected chi connectivity index (χ2v) is 4.47. The maximum atomic E-state index is 11.3. The number of carboxylic acid groups (broad SMARTS) is 1. The Kier molecular flexibility index (Phi) is 2.92. The van der Waals surface area contributed by atoms with Crippen LogP contribution in [0.2, 0.25) is 0 Å². The molecule has 0 saturated heterocycles. The molecule has 1 aromatic rings. The lowest BCUT2D eigenvalue weighted by molar-refractivity contribution is 0.0696. The minimum atomic E-state index is -0.905. The van der Waals surface area contributed by atoms with Crippen LogP contribution in [0.1, 0.15) is 29.4 Å². The Hall–Kier alpha value is -1.78. The van der Waals surface area contributed by atoms with Crippen molar-refractivity contribution in [1.29, 1.82) is 0 Å². The fraction of sp³-hybridized carbons (Fsp3) is 0.500. The zero-order chi connectivity index (χ0) is 12.6. The van der Waals surface area contributed by atoms with Crippen molar-refractivity contribution in [2.75, 3.05) is 18.0 Å². The molecule has 1 aliphatic heterocycles. The van der Waals surface area contributed by atoms with E-state index in [-0.39, 0.29) is 0 Å². The zero-order valence-electron chi connectivity index (χ0n) is 10.4. The third-order valence-corrected chi connectivity index (χ3v) is 3.04. The second kappa shape index (κ2) is 4.24. The standard InChI is InChI=1S/C12H17N3O2/c1-8-5-4-6-15(7-8)11-10(12(16)17)9(2)13-14(11)3/h5H,4,6-7H2,1-3H3,(H,16,17). The Morgan fingerprint density at radius 3 is 2.76 bits per heavy atom. The third-order valence-electron chi connectivity index (χ3n) is 3.04. The Morgan fingerprint density at radius 1 is 1.47 bits per heavy atom. The first kappa shape index (κ1) is 11.7. The SMILES string of the molecule is CC1=CCCN(c2c(C(=O)O)c(C)nn2C)C1. The number of hydrogen-bond donors (Lipinski definition) is 1. The molecule has 0 amide bonds. The van der Waals surface area contributed by atoms with Crippen molar-refractivity contribution >= 4 is 11.8 Å². The van der Waals surface area contributed by atoms with E-state index in [2.05, 4.69) is 23.0 Å². The quantitative estimate of drug-likeness (QED) is 0.791. The highest BCUT2D eigenvalue weighted by molar-refractivity contribution is 5.95. The average Bonchev–Trinajstić information content (AvgIpc) is 2.53. The van der Waals surface area contributed by atoms with Gasteiger partial charge in [0, 0.05) is 20.1 Å². The molecule has 0 aromatic carbocycles. The third kappa shape index (κ3) is 2.05. The van der Waals surface area contributed by atoms with E-state index >= 15 is 0 Å². The lowest BCUT2D eigenvalue weighted by atomic mass is 10.1. The van der Waals surface area contributed by atoms with Crippen LogP contribution in [-0.4, -0.2) is 33.9 Å². The van der Waals surface area contributed by atoms with E-state index in [0.717, 1.165) is 19.5 Å². The van der Waals surface area contributed by atoms with E-state index in [1.807, 2.05) is 0 Å². The van der Waals surface area contributed by atoms with E-state index < -0.39 is 5.97 Å². The Bertz CT molecular complexity index is 488. The summed E-state index contributed by atoms with van der Waals surface area (Å²) in [4.78, 5) is 13.4. The molecule has 0 fully saturated rings. The number of aryl methyl sites for hydroxylation is 2. The van der Waals surface area contributed by atoms with Gasteiger partial charge in [0.15, 0.2) is 0 Å². The molecule has 1 N–H and O–H groups in total. The smallest absolute Gasteiger partial charge is 0.341 e. The van der Waals surface area contributed by atoms with E-state index in [0.29, 0.717) is 17.1 Å². The lowest BCUT2D eigenvalue weighted by Gasteiger charge is -2.28. The number of carbonyl (C=O) groups is 1. The molecule has 0 bridgehead atoms. The second-order valence-electron chi connectivity index (χ2n) is 4.47. The monoisotopic (exact) mass is 235 g/mol. The van der Waals surface area contributed by atoms with Crippen LogP contribution in [0.4, 0.5) is 5.82 Å². The van der Waals surface area contributed by atoms with Gasteiger partial charge in [-0.15, -0.1) is 0 Å². The molecule has 1 aliphatic rings. The van der Waals surface area contributed by atoms with Crippen LogP contribution in [0.15, 0.2) is 11.6 Å². The highest BCUT2D eigenvalue weighted by Crippen LogP contribution is 2.25. The van der Waals surface area contributed by atoms with Crippen LogP contribution < -0.4 is 4.90 Å². The van der Waals surface area contributed by atoms with Crippen molar-refractivity contribution in [3.05, 3.63) is 22.9 Å². The lowest BCUT2D eigenvalue weighted by Crippen LogP contribution is -2.32. The van der Waals surface area contributed by atoms with Gasteiger partial charge in [0.1, 0.15) is 11.4 Å². The van der Waals surface area contributed by atoms with Gasteiger partial charge < -0.3 is 10.0 Å². The van der Waals surface area contributed by atoms with E-state index in [9.17, 15) is 9.90 Å². The summed E-state index contributed by atoms with van der Waals surface area (Å²) in [5.41, 5.74) is 2.16. The molecule has 2 heterocycles. The van der Waals surface area contributed by atoms with Crippen LogP contribution >= 0.6 is 0 Å². The number of anilines is 1. The number of hydrogen-bond acceptors (Lipinski definition) is 3. The molecule has 92 valence electrons. The normalized spacial score (nSPS) is 15.9. The molecule has 5 heteroatoms. The summed E-state index contributed by atoms with van der Waals surface area (Å²) in [5, 5.41) is 13.5. The van der Waals surface area contributed by atoms with Gasteiger partial charge in [-0.3, -0.25) is 4.68 Å². The fourth-order valence-corrected chi connectivity index (χ4v) is 2.35. The molecule has 2 rings (SSSR count). The summed E-state index contributed by atoms with van der Waals surface area (Å²) in [6.45, 7) is 5.42. The van der Waals surface area contributed by atoms with Crippen molar-refractivity contribution < 1.29 is 9.90 Å². The molecular weight excluding hydrogens is 218 g/mol. The van der Waals surface area contributed by atoms with Gasteiger partial charge in [0.05, 0.1) is 5.69 Å². The number of rotatable bonds is 2. The average molecular weight is 235 g/mol. The van der Waals surface area contributed by atoms with Crippen molar-refractivity contribution in [3.63, 3.8) is 0 Å². The Morgan fingerprint density at radius 2 is 2.18 bits per heavy atom. The van der Waals surface area contributed by atoms with Gasteiger partial charge in [-0.1, -0.05) is 11.6 Å². The maximum absolute atomic E-state index is 11.3. The number of nitrogens with zero attached hydrogens (tertiary/aromatic N) is 3. The van der Waals surface area contributed by atoms with Gasteiger partial charge in [0.25, 0.3) is 0 Å². The topological polar surface area (TPSA) is 58.4 Å². The largest absolute Gasteiger partial charge is 0.477 e. The number of aromatic nitrogens is 2. The minimum Gasteiger partial charge on any atom is -0.477 e. The summed E-state index contributed by atoms with van der Waals surface area (Å²) < 4.78 is 1.66. The van der Waals surface area contributed by atoms with Crippen molar-refractivity contribution in [3.8, 4) is 0 Å². The van der Waals surface area contributed by atoms with Gasteiger partial charge in [0.2, 0.25) is 0 Å². The predicted octanol–water partition coefficient (Wildman–Crippen LogP) is 1.58. The molecule has 0 saturated carbocycles. The molecule has 1 aromatic heterocycles. The van der Waals surface area contributed by atoms with Crippen LogP contribution in [-0.2, 0) is 7.05 Å². The Balaban J connectivity index is 2.44. The number of carboxylic acids is 1. The first-order valence-corrected chi connectivity index (χ1v) is 5.68. The van der Waals surface area contributed by atoms with E-state index in [1.165, 1.54) is 5.57 Å². The Labute approximate surface area is 100 Å². The van der Waals surface area contributed by atoms with Crippen LogP contribution in [0, 0.1) is 6.92 Å². The summed E-state index contributed by atoms with van der Waals surface area (Å²) in [6.07, 6.45) is 3.15. The summed E-state index contributed by atoms with van der Waals surface area (Å²) in [7, 11) is 1.79. The van der Waals surface area contributed by atoms with E-state index in [4.69, 9.17) is 0 Å². The molecule has 17 heavy (non-hydrogen) atoms. The minimum absolute atomic E-state index is 0.321. The van der Waals surface area contributed by atoms with Crippen LogP contribution in [0.5, 0.6) is 0 Å². The molecule has 5 nitrogen and oxygen atoms in total. The fourth-order valence-electron chi connectivity index (χ4n) is 2.35. The molecule has 0 radical (unpaired) electrons. The van der Waals surface area contributed by atoms with Crippen LogP contribution in [0.3, 0.4) is 0 Å². The zero-order valence-corrected chi connectivity index (χ0v) is 10.4.